The number of halogens is 1. The molecular weight excluding hydrogens is 338 g/mol. The maximum absolute atomic E-state index is 11.9. The molecule has 25 heavy (non-hydrogen) atoms. The largest absolute Gasteiger partial charge is 0.311 e. The van der Waals surface area contributed by atoms with Crippen LogP contribution in [0, 0.1) is 0 Å². The third-order valence-corrected chi connectivity index (χ3v) is 4.16. The molecule has 0 aliphatic carbocycles. The molecule has 1 rings (SSSR count). The highest BCUT2D eigenvalue weighted by atomic mass is 35.5. The van der Waals surface area contributed by atoms with Crippen LogP contribution in [0.2, 0.25) is 0 Å². The Balaban J connectivity index is 2.16. The molecular formula is C19H30ClN3O2. The summed E-state index contributed by atoms with van der Waals surface area (Å²) in [5.41, 5.74) is 0. The number of pyridine rings is 1. The Bertz CT molecular complexity index is 523. The summed E-state index contributed by atoms with van der Waals surface area (Å²) < 4.78 is 0. The van der Waals surface area contributed by atoms with Gasteiger partial charge in [-0.25, -0.2) is 4.98 Å². The van der Waals surface area contributed by atoms with Gasteiger partial charge in [-0.15, -0.1) is 11.6 Å². The molecule has 0 unspecified atom stereocenters. The molecule has 5 nitrogen and oxygen atoms in total. The van der Waals surface area contributed by atoms with E-state index in [2.05, 4.69) is 22.5 Å². The smallest absolute Gasteiger partial charge is 0.240 e. The van der Waals surface area contributed by atoms with E-state index >= 15 is 0 Å². The van der Waals surface area contributed by atoms with Gasteiger partial charge in [-0.3, -0.25) is 9.59 Å². The average molecular weight is 368 g/mol. The molecule has 0 aliphatic rings. The second-order valence-electron chi connectivity index (χ2n) is 6.22. The summed E-state index contributed by atoms with van der Waals surface area (Å²) in [6.45, 7) is 2.23. The number of anilines is 2. The van der Waals surface area contributed by atoms with Gasteiger partial charge in [0.15, 0.2) is 0 Å². The summed E-state index contributed by atoms with van der Waals surface area (Å²) in [5.74, 6) is 0.320. The molecule has 2 N–H and O–H groups in total. The van der Waals surface area contributed by atoms with Crippen molar-refractivity contribution in [2.24, 2.45) is 0 Å². The molecule has 2 amide bonds. The van der Waals surface area contributed by atoms with E-state index in [1.807, 2.05) is 0 Å². The zero-order valence-corrected chi connectivity index (χ0v) is 15.9. The number of amides is 2. The molecule has 140 valence electrons. The first-order chi connectivity index (χ1) is 12.2. The van der Waals surface area contributed by atoms with E-state index in [0.29, 0.717) is 18.1 Å². The third-order valence-electron chi connectivity index (χ3n) is 3.91. The van der Waals surface area contributed by atoms with Crippen molar-refractivity contribution in [2.75, 3.05) is 16.5 Å². The van der Waals surface area contributed by atoms with Crippen molar-refractivity contribution < 1.29 is 9.59 Å². The highest BCUT2D eigenvalue weighted by Gasteiger charge is 2.06. The first-order valence-electron chi connectivity index (χ1n) is 9.28. The summed E-state index contributed by atoms with van der Waals surface area (Å²) in [5, 5.41) is 5.32. The van der Waals surface area contributed by atoms with E-state index in [1.54, 1.807) is 18.2 Å². The zero-order chi connectivity index (χ0) is 18.3. The summed E-state index contributed by atoms with van der Waals surface area (Å²) in [6.07, 6.45) is 11.5. The molecule has 0 atom stereocenters. The molecule has 0 aliphatic heterocycles. The number of unbranched alkanes of at least 4 members (excludes halogenated alkanes) is 8. The zero-order valence-electron chi connectivity index (χ0n) is 15.2. The van der Waals surface area contributed by atoms with Gasteiger partial charge in [-0.1, -0.05) is 64.4 Å². The fraction of sp³-hybridized carbons (Fsp3) is 0.632. The Morgan fingerprint density at radius 1 is 0.880 bits per heavy atom. The number of carbonyl (C=O) groups excluding carboxylic acids is 2. The van der Waals surface area contributed by atoms with Crippen LogP contribution in [-0.4, -0.2) is 22.7 Å². The van der Waals surface area contributed by atoms with Gasteiger partial charge >= 0.3 is 0 Å². The van der Waals surface area contributed by atoms with Gasteiger partial charge in [0, 0.05) is 6.42 Å². The van der Waals surface area contributed by atoms with Crippen molar-refractivity contribution in [3.63, 3.8) is 0 Å². The Kier molecular flexibility index (Phi) is 11.7. The summed E-state index contributed by atoms with van der Waals surface area (Å²) in [6, 6.07) is 5.08. The van der Waals surface area contributed by atoms with Crippen LogP contribution in [0.5, 0.6) is 0 Å². The first-order valence-corrected chi connectivity index (χ1v) is 9.82. The quantitative estimate of drug-likeness (QED) is 0.375. The van der Waals surface area contributed by atoms with E-state index < -0.39 is 0 Å². The fourth-order valence-electron chi connectivity index (χ4n) is 2.55. The van der Waals surface area contributed by atoms with Crippen LogP contribution in [0.4, 0.5) is 11.6 Å². The summed E-state index contributed by atoms with van der Waals surface area (Å²) in [7, 11) is 0. The lowest BCUT2D eigenvalue weighted by molar-refractivity contribution is -0.116. The van der Waals surface area contributed by atoms with Crippen LogP contribution in [0.15, 0.2) is 18.2 Å². The maximum Gasteiger partial charge on any atom is 0.240 e. The highest BCUT2D eigenvalue weighted by Crippen LogP contribution is 2.12. The van der Waals surface area contributed by atoms with E-state index in [0.717, 1.165) is 12.8 Å². The maximum atomic E-state index is 11.9. The van der Waals surface area contributed by atoms with Crippen LogP contribution in [0.1, 0.15) is 71.1 Å². The SMILES string of the molecule is CCCCCCCCCCCC(=O)Nc1cccc(NC(=O)CCl)n1. The Morgan fingerprint density at radius 2 is 1.40 bits per heavy atom. The van der Waals surface area contributed by atoms with E-state index in [4.69, 9.17) is 11.6 Å². The number of nitrogens with one attached hydrogen (secondary N) is 2. The van der Waals surface area contributed by atoms with Crippen LogP contribution in [0.3, 0.4) is 0 Å². The lowest BCUT2D eigenvalue weighted by Crippen LogP contribution is -2.16. The van der Waals surface area contributed by atoms with Crippen LogP contribution >= 0.6 is 11.6 Å². The Hall–Kier alpha value is -1.62. The Labute approximate surface area is 155 Å². The molecule has 0 radical (unpaired) electrons. The minimum atomic E-state index is -0.327. The van der Waals surface area contributed by atoms with Gasteiger partial charge in [0.2, 0.25) is 11.8 Å². The number of hydrogen-bond donors (Lipinski definition) is 2. The molecule has 0 bridgehead atoms. The first kappa shape index (κ1) is 21.4. The van der Waals surface area contributed by atoms with Crippen molar-refractivity contribution in [2.45, 2.75) is 71.1 Å². The molecule has 0 saturated heterocycles. The minimum absolute atomic E-state index is 0.0451. The topological polar surface area (TPSA) is 71.1 Å². The molecule has 6 heteroatoms. The number of carbonyl (C=O) groups is 2. The van der Waals surface area contributed by atoms with E-state index in [1.165, 1.54) is 44.9 Å². The normalized spacial score (nSPS) is 10.5. The number of hydrogen-bond acceptors (Lipinski definition) is 3. The molecule has 0 saturated carbocycles. The molecule has 1 aromatic heterocycles. The highest BCUT2D eigenvalue weighted by molar-refractivity contribution is 6.29. The predicted octanol–water partition coefficient (Wildman–Crippen LogP) is 5.12. The van der Waals surface area contributed by atoms with Crippen LogP contribution < -0.4 is 10.6 Å². The van der Waals surface area contributed by atoms with Gasteiger partial charge in [0.05, 0.1) is 0 Å². The fourth-order valence-corrected chi connectivity index (χ4v) is 2.62. The predicted molar refractivity (Wildman–Crippen MR) is 104 cm³/mol. The number of rotatable bonds is 13. The molecule has 0 fully saturated rings. The van der Waals surface area contributed by atoms with Gasteiger partial charge in [0.1, 0.15) is 17.5 Å². The second-order valence-corrected chi connectivity index (χ2v) is 6.48. The summed E-state index contributed by atoms with van der Waals surface area (Å²) in [4.78, 5) is 27.4. The van der Waals surface area contributed by atoms with Crippen molar-refractivity contribution in [1.29, 1.82) is 0 Å². The van der Waals surface area contributed by atoms with Gasteiger partial charge < -0.3 is 10.6 Å². The lowest BCUT2D eigenvalue weighted by atomic mass is 10.1. The minimum Gasteiger partial charge on any atom is -0.311 e. The molecule has 1 heterocycles. The van der Waals surface area contributed by atoms with Crippen LogP contribution in [-0.2, 0) is 9.59 Å². The van der Waals surface area contributed by atoms with Crippen LogP contribution in [0.25, 0.3) is 0 Å². The summed E-state index contributed by atoms with van der Waals surface area (Å²) >= 11 is 5.44. The molecule has 0 aromatic carbocycles. The lowest BCUT2D eigenvalue weighted by Gasteiger charge is -2.07. The van der Waals surface area contributed by atoms with Gasteiger partial charge in [0.25, 0.3) is 0 Å². The van der Waals surface area contributed by atoms with E-state index in [-0.39, 0.29) is 17.7 Å². The average Bonchev–Trinajstić information content (AvgIpc) is 2.60. The van der Waals surface area contributed by atoms with Gasteiger partial charge in [-0.05, 0) is 18.6 Å². The van der Waals surface area contributed by atoms with Crippen molar-refractivity contribution >= 4 is 35.1 Å². The molecule has 0 spiro atoms. The monoisotopic (exact) mass is 367 g/mol. The Morgan fingerprint density at radius 3 is 1.96 bits per heavy atom. The third kappa shape index (κ3) is 10.8. The van der Waals surface area contributed by atoms with E-state index in [9.17, 15) is 9.59 Å². The number of aromatic nitrogens is 1. The number of alkyl halides is 1. The second kappa shape index (κ2) is 13.6. The van der Waals surface area contributed by atoms with Crippen molar-refractivity contribution in [3.05, 3.63) is 18.2 Å². The van der Waals surface area contributed by atoms with Gasteiger partial charge in [-0.2, -0.15) is 0 Å². The standard InChI is InChI=1S/C19H30ClN3O2/c1-2-3-4-5-6-7-8-9-10-14-18(24)22-16-12-11-13-17(21-16)23-19(25)15-20/h11-13H,2-10,14-15H2,1H3,(H2,21,22,23,24,25). The van der Waals surface area contributed by atoms with Crippen molar-refractivity contribution in [3.8, 4) is 0 Å². The number of nitrogens with zero attached hydrogens (tertiary/aromatic N) is 1. The molecule has 1 aromatic rings. The van der Waals surface area contributed by atoms with Crippen molar-refractivity contribution in [1.82, 2.24) is 4.98 Å².